The van der Waals surface area contributed by atoms with E-state index in [1.165, 1.54) is 51.4 Å². The first-order valence-electron chi connectivity index (χ1n) is 10.2. The molecular formula is C21H40O4. The highest BCUT2D eigenvalue weighted by Crippen LogP contribution is 2.13. The van der Waals surface area contributed by atoms with Crippen LogP contribution in [0, 0.1) is 0 Å². The molecule has 0 saturated carbocycles. The van der Waals surface area contributed by atoms with Crippen molar-refractivity contribution in [2.45, 2.75) is 102 Å². The van der Waals surface area contributed by atoms with E-state index < -0.39 is 24.6 Å². The van der Waals surface area contributed by atoms with Crippen molar-refractivity contribution in [3.05, 3.63) is 12.2 Å². The second kappa shape index (κ2) is 16.7. The monoisotopic (exact) mass is 356 g/mol. The molecule has 0 radical (unpaired) electrons. The Kier molecular flexibility index (Phi) is 16.3. The lowest BCUT2D eigenvalue weighted by Crippen LogP contribution is -2.45. The van der Waals surface area contributed by atoms with Crippen molar-refractivity contribution in [3.8, 4) is 0 Å². The number of ketones is 1. The Morgan fingerprint density at radius 1 is 0.760 bits per heavy atom. The molecule has 0 aromatic heterocycles. The predicted molar refractivity (Wildman–Crippen MR) is 104 cm³/mol. The Morgan fingerprint density at radius 3 is 1.68 bits per heavy atom. The molecule has 0 aliphatic carbocycles. The minimum Gasteiger partial charge on any atom is -0.393 e. The molecule has 3 N–H and O–H groups in total. The van der Waals surface area contributed by atoms with E-state index in [4.69, 9.17) is 10.2 Å². The van der Waals surface area contributed by atoms with Crippen LogP contribution in [0.15, 0.2) is 12.2 Å². The largest absolute Gasteiger partial charge is 0.393 e. The van der Waals surface area contributed by atoms with Crippen LogP contribution in [0.2, 0.25) is 0 Å². The van der Waals surface area contributed by atoms with Crippen LogP contribution in [-0.2, 0) is 4.79 Å². The molecule has 0 bridgehead atoms. The van der Waals surface area contributed by atoms with Gasteiger partial charge in [-0.25, -0.2) is 0 Å². The normalized spacial score (nSPS) is 12.2. The van der Waals surface area contributed by atoms with E-state index in [1.54, 1.807) is 0 Å². The van der Waals surface area contributed by atoms with Crippen LogP contribution in [0.1, 0.15) is 96.8 Å². The number of carbonyl (C=O) groups excluding carboxylic acids is 1. The van der Waals surface area contributed by atoms with E-state index in [9.17, 15) is 9.90 Å². The third-order valence-corrected chi connectivity index (χ3v) is 4.71. The third kappa shape index (κ3) is 13.2. The highest BCUT2D eigenvalue weighted by Gasteiger charge is 2.33. The van der Waals surface area contributed by atoms with E-state index in [2.05, 4.69) is 19.1 Å². The molecule has 0 saturated heterocycles. The number of rotatable bonds is 18. The quantitative estimate of drug-likeness (QED) is 0.253. The summed E-state index contributed by atoms with van der Waals surface area (Å²) in [6.45, 7) is 0.817. The molecule has 0 atom stereocenters. The van der Waals surface area contributed by atoms with Crippen LogP contribution >= 0.6 is 0 Å². The summed E-state index contributed by atoms with van der Waals surface area (Å²) in [7, 11) is 0. The highest BCUT2D eigenvalue weighted by molar-refractivity contribution is 5.87. The fourth-order valence-corrected chi connectivity index (χ4v) is 2.82. The second-order valence-electron chi connectivity index (χ2n) is 7.11. The van der Waals surface area contributed by atoms with E-state index in [0.717, 1.165) is 25.7 Å². The molecule has 4 heteroatoms. The van der Waals surface area contributed by atoms with Crippen molar-refractivity contribution in [3.63, 3.8) is 0 Å². The predicted octanol–water partition coefficient (Wildman–Crippen LogP) is 4.31. The molecule has 0 heterocycles. The van der Waals surface area contributed by atoms with Gasteiger partial charge >= 0.3 is 0 Å². The van der Waals surface area contributed by atoms with E-state index >= 15 is 0 Å². The number of carbonyl (C=O) groups is 1. The molecule has 0 fully saturated rings. The molecule has 0 amide bonds. The smallest absolute Gasteiger partial charge is 0.169 e. The number of hydrogen-bond acceptors (Lipinski definition) is 4. The fraction of sp³-hybridized carbons (Fsp3) is 0.857. The van der Waals surface area contributed by atoms with Crippen molar-refractivity contribution < 1.29 is 20.1 Å². The number of allylic oxidation sites excluding steroid dienone is 2. The zero-order valence-corrected chi connectivity index (χ0v) is 16.2. The summed E-state index contributed by atoms with van der Waals surface area (Å²) in [6.07, 6.45) is 20.3. The maximum absolute atomic E-state index is 11.7. The van der Waals surface area contributed by atoms with Crippen LogP contribution in [-0.4, -0.2) is 39.9 Å². The average Bonchev–Trinajstić information content (AvgIpc) is 2.63. The van der Waals surface area contributed by atoms with Gasteiger partial charge in [0.1, 0.15) is 0 Å². The average molecular weight is 357 g/mol. The molecule has 0 aromatic rings. The van der Waals surface area contributed by atoms with Crippen molar-refractivity contribution in [2.75, 3.05) is 13.2 Å². The van der Waals surface area contributed by atoms with E-state index in [0.29, 0.717) is 6.42 Å². The summed E-state index contributed by atoms with van der Waals surface area (Å²) in [5.41, 5.74) is -1.96. The first-order chi connectivity index (χ1) is 12.1. The van der Waals surface area contributed by atoms with Crippen molar-refractivity contribution in [2.24, 2.45) is 0 Å². The van der Waals surface area contributed by atoms with E-state index in [1.807, 2.05) is 0 Å². The Hall–Kier alpha value is -0.710. The van der Waals surface area contributed by atoms with Crippen LogP contribution in [0.4, 0.5) is 0 Å². The summed E-state index contributed by atoms with van der Waals surface area (Å²) in [5.74, 6) is -0.463. The number of aliphatic hydroxyl groups is 3. The van der Waals surface area contributed by atoms with Crippen LogP contribution < -0.4 is 0 Å². The fourth-order valence-electron chi connectivity index (χ4n) is 2.82. The summed E-state index contributed by atoms with van der Waals surface area (Å²) in [5, 5.41) is 27.5. The standard InChI is InChI=1S/C21H40O4/c1-2-3-4-5-6-7-8-9-10-11-12-13-14-15-16-17-20(24)21(25,18-22)19-23/h9-10,22-23,25H,2-8,11-19H2,1H3. The second-order valence-corrected chi connectivity index (χ2v) is 7.11. The van der Waals surface area contributed by atoms with Crippen LogP contribution in [0.5, 0.6) is 0 Å². The maximum Gasteiger partial charge on any atom is 0.169 e. The molecule has 4 nitrogen and oxygen atoms in total. The van der Waals surface area contributed by atoms with Gasteiger partial charge < -0.3 is 15.3 Å². The molecule has 0 aliphatic heterocycles. The molecule has 0 aromatic carbocycles. The minimum absolute atomic E-state index is 0.218. The number of aliphatic hydroxyl groups excluding tert-OH is 2. The molecule has 0 rings (SSSR count). The van der Waals surface area contributed by atoms with Crippen LogP contribution in [0.3, 0.4) is 0 Å². The molecule has 25 heavy (non-hydrogen) atoms. The van der Waals surface area contributed by atoms with Gasteiger partial charge in [0.05, 0.1) is 13.2 Å². The first kappa shape index (κ1) is 24.3. The van der Waals surface area contributed by atoms with Crippen molar-refractivity contribution >= 4 is 5.78 Å². The number of Topliss-reactive ketones (excluding diaryl/α,β-unsaturated/α-hetero) is 1. The molecule has 0 aliphatic rings. The Bertz CT molecular complexity index is 335. The van der Waals surface area contributed by atoms with Gasteiger partial charge in [0.25, 0.3) is 0 Å². The Labute approximate surface area is 154 Å². The van der Waals surface area contributed by atoms with Gasteiger partial charge in [0.2, 0.25) is 0 Å². The SMILES string of the molecule is CCCCCCCCC=CCCCCCCCC(=O)C(O)(CO)CO. The van der Waals surface area contributed by atoms with Gasteiger partial charge in [-0.05, 0) is 32.1 Å². The zero-order chi connectivity index (χ0) is 18.8. The zero-order valence-electron chi connectivity index (χ0n) is 16.2. The summed E-state index contributed by atoms with van der Waals surface area (Å²) in [6, 6.07) is 0. The lowest BCUT2D eigenvalue weighted by Gasteiger charge is -2.21. The Morgan fingerprint density at radius 2 is 1.20 bits per heavy atom. The van der Waals surface area contributed by atoms with Gasteiger partial charge in [-0.3, -0.25) is 4.79 Å². The van der Waals surface area contributed by atoms with Gasteiger partial charge in [-0.15, -0.1) is 0 Å². The van der Waals surface area contributed by atoms with Gasteiger partial charge in [0, 0.05) is 6.42 Å². The lowest BCUT2D eigenvalue weighted by atomic mass is 9.95. The van der Waals surface area contributed by atoms with E-state index in [-0.39, 0.29) is 6.42 Å². The maximum atomic E-state index is 11.7. The summed E-state index contributed by atoms with van der Waals surface area (Å²) < 4.78 is 0. The molecule has 0 spiro atoms. The number of hydrogen-bond donors (Lipinski definition) is 3. The number of unbranched alkanes of at least 4 members (excludes halogenated alkanes) is 11. The van der Waals surface area contributed by atoms with Gasteiger partial charge in [-0.2, -0.15) is 0 Å². The summed E-state index contributed by atoms with van der Waals surface area (Å²) in [4.78, 5) is 11.7. The van der Waals surface area contributed by atoms with Gasteiger partial charge in [-0.1, -0.05) is 70.4 Å². The van der Waals surface area contributed by atoms with Crippen molar-refractivity contribution in [1.29, 1.82) is 0 Å². The molecule has 0 unspecified atom stereocenters. The highest BCUT2D eigenvalue weighted by atomic mass is 16.4. The third-order valence-electron chi connectivity index (χ3n) is 4.71. The lowest BCUT2D eigenvalue weighted by molar-refractivity contribution is -0.146. The van der Waals surface area contributed by atoms with Crippen LogP contribution in [0.25, 0.3) is 0 Å². The Balaban J connectivity index is 3.39. The summed E-state index contributed by atoms with van der Waals surface area (Å²) >= 11 is 0. The van der Waals surface area contributed by atoms with Crippen molar-refractivity contribution in [1.82, 2.24) is 0 Å². The molecule has 148 valence electrons. The molecular weight excluding hydrogens is 316 g/mol. The minimum atomic E-state index is -1.96. The topological polar surface area (TPSA) is 77.8 Å². The van der Waals surface area contributed by atoms with Gasteiger partial charge in [0.15, 0.2) is 11.4 Å². The first-order valence-corrected chi connectivity index (χ1v) is 10.2.